The average Bonchev–Trinajstić information content (AvgIpc) is 2.48. The summed E-state index contributed by atoms with van der Waals surface area (Å²) < 4.78 is 0. The summed E-state index contributed by atoms with van der Waals surface area (Å²) in [5, 5.41) is 6.02. The van der Waals surface area contributed by atoms with E-state index in [1.165, 1.54) is 11.1 Å². The predicted molar refractivity (Wildman–Crippen MR) is 85.6 cm³/mol. The zero-order chi connectivity index (χ0) is 15.1. The summed E-state index contributed by atoms with van der Waals surface area (Å²) in [4.78, 5) is 16.2. The highest BCUT2D eigenvalue weighted by molar-refractivity contribution is 5.94. The number of hydrogen-bond acceptors (Lipinski definition) is 3. The third-order valence-corrected chi connectivity index (χ3v) is 3.17. The minimum atomic E-state index is -0.0850. The van der Waals surface area contributed by atoms with E-state index in [9.17, 15) is 4.79 Å². The van der Waals surface area contributed by atoms with Crippen molar-refractivity contribution in [1.82, 2.24) is 10.3 Å². The van der Waals surface area contributed by atoms with Crippen LogP contribution in [0.5, 0.6) is 0 Å². The van der Waals surface area contributed by atoms with E-state index in [0.717, 1.165) is 18.8 Å². The van der Waals surface area contributed by atoms with E-state index in [4.69, 9.17) is 0 Å². The van der Waals surface area contributed by atoms with E-state index >= 15 is 0 Å². The molecule has 0 unspecified atom stereocenters. The van der Waals surface area contributed by atoms with Gasteiger partial charge in [-0.2, -0.15) is 0 Å². The molecule has 110 valence electrons. The number of pyridine rings is 1. The van der Waals surface area contributed by atoms with Gasteiger partial charge in [0.05, 0.1) is 5.56 Å². The number of carbonyl (C=O) groups excluding carboxylic acids is 1. The second-order valence-corrected chi connectivity index (χ2v) is 4.96. The Bertz CT molecular complexity index is 593. The SMILES string of the molecule is CCNc1ccc(C(=O)NCCc2cccc(C)c2)cn1. The molecule has 0 aliphatic heterocycles. The molecule has 0 radical (unpaired) electrons. The van der Waals surface area contributed by atoms with Gasteiger partial charge in [0.2, 0.25) is 0 Å². The number of benzene rings is 1. The Labute approximate surface area is 125 Å². The van der Waals surface area contributed by atoms with Crippen molar-refractivity contribution in [3.63, 3.8) is 0 Å². The zero-order valence-electron chi connectivity index (χ0n) is 12.5. The van der Waals surface area contributed by atoms with E-state index in [1.807, 2.05) is 19.1 Å². The number of nitrogens with zero attached hydrogens (tertiary/aromatic N) is 1. The smallest absolute Gasteiger partial charge is 0.252 e. The van der Waals surface area contributed by atoms with Crippen LogP contribution >= 0.6 is 0 Å². The molecular formula is C17H21N3O. The monoisotopic (exact) mass is 283 g/mol. The summed E-state index contributed by atoms with van der Waals surface area (Å²) in [7, 11) is 0. The lowest BCUT2D eigenvalue weighted by Crippen LogP contribution is -2.25. The van der Waals surface area contributed by atoms with Gasteiger partial charge in [0.25, 0.3) is 5.91 Å². The van der Waals surface area contributed by atoms with Crippen molar-refractivity contribution in [2.75, 3.05) is 18.4 Å². The number of nitrogens with one attached hydrogen (secondary N) is 2. The highest BCUT2D eigenvalue weighted by Gasteiger charge is 2.05. The van der Waals surface area contributed by atoms with E-state index < -0.39 is 0 Å². The lowest BCUT2D eigenvalue weighted by molar-refractivity contribution is 0.0954. The maximum absolute atomic E-state index is 12.0. The first-order chi connectivity index (χ1) is 10.2. The van der Waals surface area contributed by atoms with Crippen LogP contribution in [0.4, 0.5) is 5.82 Å². The standard InChI is InChI=1S/C17H21N3O/c1-3-18-16-8-7-15(12-20-16)17(21)19-10-9-14-6-4-5-13(2)11-14/h4-8,11-12H,3,9-10H2,1-2H3,(H,18,20)(H,19,21). The molecule has 1 aromatic heterocycles. The zero-order valence-corrected chi connectivity index (χ0v) is 12.5. The molecule has 4 nitrogen and oxygen atoms in total. The van der Waals surface area contributed by atoms with Crippen LogP contribution < -0.4 is 10.6 Å². The van der Waals surface area contributed by atoms with Gasteiger partial charge < -0.3 is 10.6 Å². The van der Waals surface area contributed by atoms with Crippen molar-refractivity contribution in [3.05, 3.63) is 59.3 Å². The van der Waals surface area contributed by atoms with Gasteiger partial charge in [-0.1, -0.05) is 29.8 Å². The Kier molecular flexibility index (Phi) is 5.32. The molecule has 0 fully saturated rings. The molecule has 0 aliphatic rings. The highest BCUT2D eigenvalue weighted by Crippen LogP contribution is 2.06. The van der Waals surface area contributed by atoms with Gasteiger partial charge in [0, 0.05) is 19.3 Å². The summed E-state index contributed by atoms with van der Waals surface area (Å²) in [5.41, 5.74) is 3.05. The first-order valence-electron chi connectivity index (χ1n) is 7.22. The van der Waals surface area contributed by atoms with E-state index in [2.05, 4.69) is 40.7 Å². The molecule has 0 aliphatic carbocycles. The molecule has 2 rings (SSSR count). The van der Waals surface area contributed by atoms with Crippen LogP contribution in [0.25, 0.3) is 0 Å². The number of aromatic nitrogens is 1. The molecule has 1 heterocycles. The second kappa shape index (κ2) is 7.43. The van der Waals surface area contributed by atoms with Crippen molar-refractivity contribution < 1.29 is 4.79 Å². The molecule has 0 saturated carbocycles. The van der Waals surface area contributed by atoms with Gasteiger partial charge >= 0.3 is 0 Å². The van der Waals surface area contributed by atoms with Gasteiger partial charge in [-0.25, -0.2) is 4.98 Å². The normalized spacial score (nSPS) is 10.2. The molecule has 1 aromatic carbocycles. The fourth-order valence-electron chi connectivity index (χ4n) is 2.10. The van der Waals surface area contributed by atoms with E-state index in [0.29, 0.717) is 12.1 Å². The third-order valence-electron chi connectivity index (χ3n) is 3.17. The van der Waals surface area contributed by atoms with Crippen LogP contribution in [-0.4, -0.2) is 24.0 Å². The number of hydrogen-bond donors (Lipinski definition) is 2. The number of anilines is 1. The first-order valence-corrected chi connectivity index (χ1v) is 7.22. The minimum Gasteiger partial charge on any atom is -0.370 e. The first kappa shape index (κ1) is 15.0. The Morgan fingerprint density at radius 2 is 2.10 bits per heavy atom. The Hall–Kier alpha value is -2.36. The van der Waals surface area contributed by atoms with Crippen LogP contribution in [0.1, 0.15) is 28.4 Å². The number of aryl methyl sites for hydroxylation is 1. The van der Waals surface area contributed by atoms with Gasteiger partial charge in [-0.05, 0) is 38.0 Å². The molecular weight excluding hydrogens is 262 g/mol. The Morgan fingerprint density at radius 1 is 1.24 bits per heavy atom. The van der Waals surface area contributed by atoms with Crippen molar-refractivity contribution in [3.8, 4) is 0 Å². The Morgan fingerprint density at radius 3 is 2.76 bits per heavy atom. The predicted octanol–water partition coefficient (Wildman–Crippen LogP) is 2.79. The number of rotatable bonds is 6. The van der Waals surface area contributed by atoms with Crippen molar-refractivity contribution in [2.24, 2.45) is 0 Å². The summed E-state index contributed by atoms with van der Waals surface area (Å²) >= 11 is 0. The van der Waals surface area contributed by atoms with Crippen molar-refractivity contribution in [1.29, 1.82) is 0 Å². The maximum atomic E-state index is 12.0. The van der Waals surface area contributed by atoms with Gasteiger partial charge in [-0.3, -0.25) is 4.79 Å². The minimum absolute atomic E-state index is 0.0850. The second-order valence-electron chi connectivity index (χ2n) is 4.96. The van der Waals surface area contributed by atoms with E-state index in [1.54, 1.807) is 12.3 Å². The molecule has 0 spiro atoms. The van der Waals surface area contributed by atoms with Gasteiger partial charge in [0.1, 0.15) is 5.82 Å². The Balaban J connectivity index is 1.84. The molecule has 21 heavy (non-hydrogen) atoms. The summed E-state index contributed by atoms with van der Waals surface area (Å²) in [6, 6.07) is 11.9. The van der Waals surface area contributed by atoms with Crippen molar-refractivity contribution >= 4 is 11.7 Å². The highest BCUT2D eigenvalue weighted by atomic mass is 16.1. The average molecular weight is 283 g/mol. The lowest BCUT2D eigenvalue weighted by Gasteiger charge is -2.07. The molecule has 1 amide bonds. The fraction of sp³-hybridized carbons (Fsp3) is 0.294. The van der Waals surface area contributed by atoms with Crippen LogP contribution in [0.2, 0.25) is 0 Å². The van der Waals surface area contributed by atoms with Gasteiger partial charge in [-0.15, -0.1) is 0 Å². The van der Waals surface area contributed by atoms with Crippen LogP contribution in [0.15, 0.2) is 42.6 Å². The van der Waals surface area contributed by atoms with Crippen LogP contribution in [0.3, 0.4) is 0 Å². The third kappa shape index (κ3) is 4.60. The number of amides is 1. The molecule has 0 saturated heterocycles. The largest absolute Gasteiger partial charge is 0.370 e. The molecule has 0 atom stereocenters. The van der Waals surface area contributed by atoms with E-state index in [-0.39, 0.29) is 5.91 Å². The van der Waals surface area contributed by atoms with Crippen LogP contribution in [0, 0.1) is 6.92 Å². The molecule has 2 N–H and O–H groups in total. The number of carbonyl (C=O) groups is 1. The van der Waals surface area contributed by atoms with Gasteiger partial charge in [0.15, 0.2) is 0 Å². The molecule has 2 aromatic rings. The van der Waals surface area contributed by atoms with Crippen LogP contribution in [-0.2, 0) is 6.42 Å². The molecule has 4 heteroatoms. The summed E-state index contributed by atoms with van der Waals surface area (Å²) in [5.74, 6) is 0.701. The quantitative estimate of drug-likeness (QED) is 0.857. The lowest BCUT2D eigenvalue weighted by atomic mass is 10.1. The summed E-state index contributed by atoms with van der Waals surface area (Å²) in [6.45, 7) is 5.51. The van der Waals surface area contributed by atoms with Crippen molar-refractivity contribution in [2.45, 2.75) is 20.3 Å². The topological polar surface area (TPSA) is 54.0 Å². The fourth-order valence-corrected chi connectivity index (χ4v) is 2.10. The summed E-state index contributed by atoms with van der Waals surface area (Å²) in [6.07, 6.45) is 2.43. The maximum Gasteiger partial charge on any atom is 0.252 e. The molecule has 0 bridgehead atoms.